The van der Waals surface area contributed by atoms with E-state index in [1.165, 1.54) is 0 Å². The van der Waals surface area contributed by atoms with Gasteiger partial charge in [-0.3, -0.25) is 0 Å². The van der Waals surface area contributed by atoms with Gasteiger partial charge in [-0.15, -0.1) is 0 Å². The van der Waals surface area contributed by atoms with Crippen LogP contribution < -0.4 is 5.32 Å². The minimum Gasteiger partial charge on any atom is -0.359 e. The van der Waals surface area contributed by atoms with Crippen molar-refractivity contribution in [2.45, 2.75) is 19.8 Å². The number of nitrogens with zero attached hydrogens (tertiary/aromatic N) is 1. The molecule has 0 spiro atoms. The van der Waals surface area contributed by atoms with Crippen molar-refractivity contribution in [3.8, 4) is 0 Å². The Balaban J connectivity index is 2.07. The zero-order valence-corrected chi connectivity index (χ0v) is 10.9. The van der Waals surface area contributed by atoms with E-state index < -0.39 is 0 Å². The average Bonchev–Trinajstić information content (AvgIpc) is 2.79. The van der Waals surface area contributed by atoms with Crippen LogP contribution in [0.3, 0.4) is 0 Å². The van der Waals surface area contributed by atoms with E-state index in [1.54, 1.807) is 4.90 Å². The van der Waals surface area contributed by atoms with Crippen molar-refractivity contribution in [2.75, 3.05) is 18.9 Å². The summed E-state index contributed by atoms with van der Waals surface area (Å²) in [5, 5.41) is 3.97. The zero-order chi connectivity index (χ0) is 13.0. The summed E-state index contributed by atoms with van der Waals surface area (Å²) in [4.78, 5) is 16.8. The number of carbonyl (C=O) groups excluding carboxylic acids is 1. The number of carbonyl (C=O) groups is 1. The number of amides is 2. The largest absolute Gasteiger partial charge is 0.359 e. The third-order valence-electron chi connectivity index (χ3n) is 3.02. The average molecular weight is 245 g/mol. The first-order chi connectivity index (χ1) is 8.72. The molecular weight excluding hydrogens is 226 g/mol. The Bertz CT molecular complexity index is 533. The Morgan fingerprint density at radius 2 is 2.17 bits per heavy atom. The minimum absolute atomic E-state index is 0.0618. The highest BCUT2D eigenvalue weighted by atomic mass is 16.2. The standard InChI is InChI=1S/C14H19N3O/c1-3-4-9-17(2)14(18)16-13-10-15-12-8-6-5-7-11(12)13/h5-8,10,15H,3-4,9H2,1-2H3,(H,16,18). The first-order valence-corrected chi connectivity index (χ1v) is 6.30. The summed E-state index contributed by atoms with van der Waals surface area (Å²) in [5.74, 6) is 0. The zero-order valence-electron chi connectivity index (χ0n) is 10.9. The van der Waals surface area contributed by atoms with E-state index in [9.17, 15) is 4.79 Å². The molecule has 96 valence electrons. The summed E-state index contributed by atoms with van der Waals surface area (Å²) in [5.41, 5.74) is 1.86. The molecule has 0 aliphatic rings. The van der Waals surface area contributed by atoms with Gasteiger partial charge in [0.2, 0.25) is 0 Å². The van der Waals surface area contributed by atoms with Gasteiger partial charge in [-0.25, -0.2) is 4.79 Å². The molecule has 0 radical (unpaired) electrons. The Labute approximate surface area is 107 Å². The number of fused-ring (bicyclic) bond motifs is 1. The van der Waals surface area contributed by atoms with Gasteiger partial charge in [0.25, 0.3) is 0 Å². The fourth-order valence-corrected chi connectivity index (χ4v) is 1.88. The lowest BCUT2D eigenvalue weighted by atomic mass is 10.2. The van der Waals surface area contributed by atoms with Crippen molar-refractivity contribution < 1.29 is 4.79 Å². The summed E-state index contributed by atoms with van der Waals surface area (Å²) < 4.78 is 0. The maximum Gasteiger partial charge on any atom is 0.321 e. The van der Waals surface area contributed by atoms with Crippen LogP contribution in [0, 0.1) is 0 Å². The maximum atomic E-state index is 12.0. The predicted octanol–water partition coefficient (Wildman–Crippen LogP) is 3.43. The Morgan fingerprint density at radius 3 is 2.94 bits per heavy atom. The van der Waals surface area contributed by atoms with Crippen LogP contribution in [0.2, 0.25) is 0 Å². The molecule has 18 heavy (non-hydrogen) atoms. The number of nitrogens with one attached hydrogen (secondary N) is 2. The normalized spacial score (nSPS) is 10.6. The van der Waals surface area contributed by atoms with Gasteiger partial charge >= 0.3 is 6.03 Å². The molecular formula is C14H19N3O. The second-order valence-corrected chi connectivity index (χ2v) is 4.45. The van der Waals surface area contributed by atoms with Crippen LogP contribution in [0.15, 0.2) is 30.5 Å². The number of aromatic nitrogens is 1. The highest BCUT2D eigenvalue weighted by molar-refractivity contribution is 6.00. The number of benzene rings is 1. The molecule has 0 aliphatic carbocycles. The molecule has 2 N–H and O–H groups in total. The molecule has 1 aromatic carbocycles. The molecule has 0 fully saturated rings. The SMILES string of the molecule is CCCCN(C)C(=O)Nc1c[nH]c2ccccc12. The van der Waals surface area contributed by atoms with E-state index in [4.69, 9.17) is 0 Å². The maximum absolute atomic E-state index is 12.0. The van der Waals surface area contributed by atoms with Crippen LogP contribution in [0.25, 0.3) is 10.9 Å². The Morgan fingerprint density at radius 1 is 1.39 bits per heavy atom. The number of hydrogen-bond donors (Lipinski definition) is 2. The van der Waals surface area contributed by atoms with Crippen LogP contribution >= 0.6 is 0 Å². The van der Waals surface area contributed by atoms with Crippen molar-refractivity contribution in [1.29, 1.82) is 0 Å². The van der Waals surface area contributed by atoms with Gasteiger partial charge in [-0.2, -0.15) is 0 Å². The van der Waals surface area contributed by atoms with Crippen molar-refractivity contribution in [2.24, 2.45) is 0 Å². The van der Waals surface area contributed by atoms with E-state index in [-0.39, 0.29) is 6.03 Å². The molecule has 0 unspecified atom stereocenters. The molecule has 2 amide bonds. The first-order valence-electron chi connectivity index (χ1n) is 6.30. The summed E-state index contributed by atoms with van der Waals surface area (Å²) in [6.45, 7) is 2.90. The van der Waals surface area contributed by atoms with Crippen LogP contribution in [0.1, 0.15) is 19.8 Å². The monoisotopic (exact) mass is 245 g/mol. The second-order valence-electron chi connectivity index (χ2n) is 4.45. The quantitative estimate of drug-likeness (QED) is 0.851. The fourth-order valence-electron chi connectivity index (χ4n) is 1.88. The molecule has 1 heterocycles. The van der Waals surface area contributed by atoms with Gasteiger partial charge in [0.05, 0.1) is 5.69 Å². The van der Waals surface area contributed by atoms with E-state index in [0.717, 1.165) is 36.0 Å². The van der Waals surface area contributed by atoms with Gasteiger partial charge in [-0.05, 0) is 12.5 Å². The van der Waals surface area contributed by atoms with Crippen molar-refractivity contribution in [3.05, 3.63) is 30.5 Å². The molecule has 0 aliphatic heterocycles. The minimum atomic E-state index is -0.0618. The number of H-pyrrole nitrogens is 1. The highest BCUT2D eigenvalue weighted by Gasteiger charge is 2.10. The summed E-state index contributed by atoms with van der Waals surface area (Å²) in [6, 6.07) is 7.86. The Kier molecular flexibility index (Phi) is 3.87. The third-order valence-corrected chi connectivity index (χ3v) is 3.02. The van der Waals surface area contributed by atoms with Gasteiger partial charge < -0.3 is 15.2 Å². The summed E-state index contributed by atoms with van der Waals surface area (Å²) in [6.07, 6.45) is 3.94. The summed E-state index contributed by atoms with van der Waals surface area (Å²) in [7, 11) is 1.82. The van der Waals surface area contributed by atoms with Crippen LogP contribution in [-0.4, -0.2) is 29.5 Å². The third kappa shape index (κ3) is 2.64. The molecule has 0 saturated carbocycles. The molecule has 1 aromatic heterocycles. The number of urea groups is 1. The topological polar surface area (TPSA) is 48.1 Å². The first kappa shape index (κ1) is 12.5. The van der Waals surface area contributed by atoms with Gasteiger partial charge in [-0.1, -0.05) is 31.5 Å². The van der Waals surface area contributed by atoms with Gasteiger partial charge in [0.1, 0.15) is 0 Å². The van der Waals surface area contributed by atoms with E-state index in [0.29, 0.717) is 0 Å². The summed E-state index contributed by atoms with van der Waals surface area (Å²) >= 11 is 0. The number of para-hydroxylation sites is 1. The van der Waals surface area contributed by atoms with Crippen LogP contribution in [0.4, 0.5) is 10.5 Å². The van der Waals surface area contributed by atoms with Gasteiger partial charge in [0.15, 0.2) is 0 Å². The number of aromatic amines is 1. The fraction of sp³-hybridized carbons (Fsp3) is 0.357. The van der Waals surface area contributed by atoms with E-state index in [2.05, 4.69) is 17.2 Å². The lowest BCUT2D eigenvalue weighted by Crippen LogP contribution is -2.31. The number of anilines is 1. The molecule has 2 aromatic rings. The van der Waals surface area contributed by atoms with E-state index >= 15 is 0 Å². The van der Waals surface area contributed by atoms with Crippen LogP contribution in [0.5, 0.6) is 0 Å². The number of unbranched alkanes of at least 4 members (excludes halogenated alkanes) is 1. The molecule has 4 nitrogen and oxygen atoms in total. The lowest BCUT2D eigenvalue weighted by Gasteiger charge is -2.17. The number of hydrogen-bond acceptors (Lipinski definition) is 1. The molecule has 0 bridgehead atoms. The van der Waals surface area contributed by atoms with Crippen molar-refractivity contribution >= 4 is 22.6 Å². The van der Waals surface area contributed by atoms with Crippen molar-refractivity contribution in [3.63, 3.8) is 0 Å². The van der Waals surface area contributed by atoms with Gasteiger partial charge in [0, 0.05) is 30.7 Å². The van der Waals surface area contributed by atoms with E-state index in [1.807, 2.05) is 37.5 Å². The van der Waals surface area contributed by atoms with Crippen molar-refractivity contribution in [1.82, 2.24) is 9.88 Å². The molecule has 4 heteroatoms. The number of rotatable bonds is 4. The highest BCUT2D eigenvalue weighted by Crippen LogP contribution is 2.22. The lowest BCUT2D eigenvalue weighted by molar-refractivity contribution is 0.222. The smallest absolute Gasteiger partial charge is 0.321 e. The molecule has 2 rings (SSSR count). The predicted molar refractivity (Wildman–Crippen MR) is 74.9 cm³/mol. The van der Waals surface area contributed by atoms with Crippen LogP contribution in [-0.2, 0) is 0 Å². The Hall–Kier alpha value is -1.97. The second kappa shape index (κ2) is 5.58. The molecule has 0 saturated heterocycles. The molecule has 0 atom stereocenters.